The second-order valence-corrected chi connectivity index (χ2v) is 8.22. The number of rotatable bonds is 6. The number of nitrogens with zero attached hydrogens (tertiary/aromatic N) is 2. The Bertz CT molecular complexity index is 1280. The SMILES string of the molecule is CCc1ccc(NC(=O)CSc2nc3ccccc3c(=O)n2-c2ccc(C)cc2)cc1. The van der Waals surface area contributed by atoms with Crippen molar-refractivity contribution >= 4 is 34.3 Å². The van der Waals surface area contributed by atoms with Gasteiger partial charge >= 0.3 is 0 Å². The molecule has 0 radical (unpaired) electrons. The zero-order valence-corrected chi connectivity index (χ0v) is 18.3. The molecule has 0 aliphatic heterocycles. The third-order valence-electron chi connectivity index (χ3n) is 5.02. The average molecular weight is 430 g/mol. The van der Waals surface area contributed by atoms with E-state index in [0.29, 0.717) is 16.1 Å². The van der Waals surface area contributed by atoms with Crippen molar-refractivity contribution in [3.8, 4) is 5.69 Å². The summed E-state index contributed by atoms with van der Waals surface area (Å²) < 4.78 is 1.58. The van der Waals surface area contributed by atoms with Gasteiger partial charge in [-0.05, 0) is 55.3 Å². The first kappa shape index (κ1) is 20.9. The fraction of sp³-hybridized carbons (Fsp3) is 0.160. The maximum absolute atomic E-state index is 13.2. The van der Waals surface area contributed by atoms with Crippen LogP contribution in [0.25, 0.3) is 16.6 Å². The van der Waals surface area contributed by atoms with Crippen molar-refractivity contribution in [1.82, 2.24) is 9.55 Å². The van der Waals surface area contributed by atoms with Crippen LogP contribution < -0.4 is 10.9 Å². The number of amides is 1. The van der Waals surface area contributed by atoms with Gasteiger partial charge in [-0.2, -0.15) is 0 Å². The Labute approximate surface area is 185 Å². The highest BCUT2D eigenvalue weighted by Crippen LogP contribution is 2.22. The third kappa shape index (κ3) is 4.70. The molecular weight excluding hydrogens is 406 g/mol. The molecule has 0 spiro atoms. The molecule has 4 rings (SSSR count). The standard InChI is InChI=1S/C25H23N3O2S/c1-3-18-10-12-19(13-11-18)26-23(29)16-31-25-27-22-7-5-4-6-21(22)24(30)28(25)20-14-8-17(2)9-15-20/h4-15H,3,16H2,1-2H3,(H,26,29). The number of para-hydroxylation sites is 1. The number of benzene rings is 3. The molecule has 6 heteroatoms. The van der Waals surface area contributed by atoms with Crippen LogP contribution in [0.2, 0.25) is 0 Å². The zero-order chi connectivity index (χ0) is 21.8. The first-order chi connectivity index (χ1) is 15.0. The molecule has 31 heavy (non-hydrogen) atoms. The van der Waals surface area contributed by atoms with Crippen LogP contribution in [0.5, 0.6) is 0 Å². The van der Waals surface area contributed by atoms with Gasteiger partial charge in [-0.1, -0.05) is 60.6 Å². The molecule has 0 atom stereocenters. The molecule has 0 bridgehead atoms. The van der Waals surface area contributed by atoms with Crippen LogP contribution in [0.15, 0.2) is 82.7 Å². The molecule has 0 unspecified atom stereocenters. The molecule has 156 valence electrons. The highest BCUT2D eigenvalue weighted by molar-refractivity contribution is 7.99. The number of anilines is 1. The second kappa shape index (κ2) is 9.18. The Kier molecular flexibility index (Phi) is 6.18. The number of aromatic nitrogens is 2. The van der Waals surface area contributed by atoms with Crippen molar-refractivity contribution in [3.63, 3.8) is 0 Å². The number of fused-ring (bicyclic) bond motifs is 1. The van der Waals surface area contributed by atoms with E-state index in [4.69, 9.17) is 0 Å². The van der Waals surface area contributed by atoms with Crippen LogP contribution in [0.3, 0.4) is 0 Å². The predicted octanol–water partition coefficient (Wildman–Crippen LogP) is 4.99. The first-order valence-electron chi connectivity index (χ1n) is 10.2. The maximum Gasteiger partial charge on any atom is 0.266 e. The van der Waals surface area contributed by atoms with Crippen LogP contribution in [0.1, 0.15) is 18.1 Å². The molecular formula is C25H23N3O2S. The van der Waals surface area contributed by atoms with E-state index >= 15 is 0 Å². The molecule has 0 saturated carbocycles. The predicted molar refractivity (Wildman–Crippen MR) is 127 cm³/mol. The van der Waals surface area contributed by atoms with Gasteiger partial charge in [-0.3, -0.25) is 14.2 Å². The molecule has 0 aliphatic carbocycles. The van der Waals surface area contributed by atoms with E-state index in [1.165, 1.54) is 17.3 Å². The minimum absolute atomic E-state index is 0.145. The molecule has 0 aliphatic rings. The number of carbonyl (C=O) groups excluding carboxylic acids is 1. The molecule has 0 fully saturated rings. The summed E-state index contributed by atoms with van der Waals surface area (Å²) in [5, 5.41) is 3.95. The highest BCUT2D eigenvalue weighted by Gasteiger charge is 2.15. The summed E-state index contributed by atoms with van der Waals surface area (Å²) in [5.74, 6) is -0.00118. The number of thioether (sulfide) groups is 1. The van der Waals surface area contributed by atoms with E-state index < -0.39 is 0 Å². The van der Waals surface area contributed by atoms with Gasteiger partial charge in [-0.15, -0.1) is 0 Å². The quantitative estimate of drug-likeness (QED) is 0.347. The first-order valence-corrected chi connectivity index (χ1v) is 11.1. The van der Waals surface area contributed by atoms with E-state index in [9.17, 15) is 9.59 Å². The minimum atomic E-state index is -0.146. The largest absolute Gasteiger partial charge is 0.325 e. The third-order valence-corrected chi connectivity index (χ3v) is 5.95. The van der Waals surface area contributed by atoms with Crippen LogP contribution in [0, 0.1) is 6.92 Å². The van der Waals surface area contributed by atoms with Gasteiger partial charge < -0.3 is 5.32 Å². The summed E-state index contributed by atoms with van der Waals surface area (Å²) in [6.07, 6.45) is 0.953. The van der Waals surface area contributed by atoms with E-state index in [-0.39, 0.29) is 17.2 Å². The van der Waals surface area contributed by atoms with Gasteiger partial charge in [0.05, 0.1) is 22.3 Å². The van der Waals surface area contributed by atoms with Crippen molar-refractivity contribution < 1.29 is 4.79 Å². The van der Waals surface area contributed by atoms with E-state index in [0.717, 1.165) is 23.4 Å². The number of nitrogens with one attached hydrogen (secondary N) is 1. The summed E-state index contributed by atoms with van der Waals surface area (Å²) in [5.41, 5.74) is 4.28. The lowest BCUT2D eigenvalue weighted by molar-refractivity contribution is -0.113. The van der Waals surface area contributed by atoms with Crippen molar-refractivity contribution in [2.45, 2.75) is 25.4 Å². The molecule has 3 aromatic carbocycles. The molecule has 1 amide bonds. The fourth-order valence-corrected chi connectivity index (χ4v) is 4.09. The molecule has 4 aromatic rings. The zero-order valence-electron chi connectivity index (χ0n) is 17.5. The number of carbonyl (C=O) groups is 1. The molecule has 1 aromatic heterocycles. The normalized spacial score (nSPS) is 10.9. The van der Waals surface area contributed by atoms with E-state index in [2.05, 4.69) is 17.2 Å². The Hall–Kier alpha value is -3.38. The van der Waals surface area contributed by atoms with Crippen molar-refractivity contribution in [2.24, 2.45) is 0 Å². The van der Waals surface area contributed by atoms with Gasteiger partial charge in [0.1, 0.15) is 0 Å². The number of hydrogen-bond donors (Lipinski definition) is 1. The average Bonchev–Trinajstić information content (AvgIpc) is 2.79. The second-order valence-electron chi connectivity index (χ2n) is 7.27. The van der Waals surface area contributed by atoms with E-state index in [1.807, 2.05) is 73.7 Å². The summed E-state index contributed by atoms with van der Waals surface area (Å²) >= 11 is 1.25. The Morgan fingerprint density at radius 3 is 2.42 bits per heavy atom. The van der Waals surface area contributed by atoms with Gasteiger partial charge in [0, 0.05) is 5.69 Å². The summed E-state index contributed by atoms with van der Waals surface area (Å²) in [6, 6.07) is 22.8. The molecule has 5 nitrogen and oxygen atoms in total. The van der Waals surface area contributed by atoms with Gasteiger partial charge in [0.25, 0.3) is 5.56 Å². The topological polar surface area (TPSA) is 64.0 Å². The Morgan fingerprint density at radius 1 is 1.00 bits per heavy atom. The van der Waals surface area contributed by atoms with Crippen molar-refractivity contribution in [3.05, 3.63) is 94.3 Å². The summed E-state index contributed by atoms with van der Waals surface area (Å²) in [4.78, 5) is 30.5. The molecule has 0 saturated heterocycles. The van der Waals surface area contributed by atoms with Crippen LogP contribution in [-0.2, 0) is 11.2 Å². The van der Waals surface area contributed by atoms with E-state index in [1.54, 1.807) is 10.6 Å². The van der Waals surface area contributed by atoms with Crippen LogP contribution in [-0.4, -0.2) is 21.2 Å². The number of aryl methyl sites for hydroxylation is 2. The summed E-state index contributed by atoms with van der Waals surface area (Å²) in [6.45, 7) is 4.09. The molecule has 1 heterocycles. The highest BCUT2D eigenvalue weighted by atomic mass is 32.2. The minimum Gasteiger partial charge on any atom is -0.325 e. The fourth-order valence-electron chi connectivity index (χ4n) is 3.28. The Balaban J connectivity index is 1.62. The monoisotopic (exact) mass is 429 g/mol. The lowest BCUT2D eigenvalue weighted by atomic mass is 10.1. The molecule has 1 N–H and O–H groups in total. The van der Waals surface area contributed by atoms with Gasteiger partial charge in [-0.25, -0.2) is 4.98 Å². The van der Waals surface area contributed by atoms with Crippen molar-refractivity contribution in [1.29, 1.82) is 0 Å². The van der Waals surface area contributed by atoms with Crippen LogP contribution >= 0.6 is 11.8 Å². The van der Waals surface area contributed by atoms with Gasteiger partial charge in [0.15, 0.2) is 5.16 Å². The smallest absolute Gasteiger partial charge is 0.266 e. The summed E-state index contributed by atoms with van der Waals surface area (Å²) in [7, 11) is 0. The lowest BCUT2D eigenvalue weighted by Gasteiger charge is -2.13. The van der Waals surface area contributed by atoms with Gasteiger partial charge in [0.2, 0.25) is 5.91 Å². The Morgan fingerprint density at radius 2 is 1.71 bits per heavy atom. The van der Waals surface area contributed by atoms with Crippen molar-refractivity contribution in [2.75, 3.05) is 11.1 Å². The number of hydrogen-bond acceptors (Lipinski definition) is 4. The maximum atomic E-state index is 13.2. The lowest BCUT2D eigenvalue weighted by Crippen LogP contribution is -2.23. The van der Waals surface area contributed by atoms with Crippen LogP contribution in [0.4, 0.5) is 5.69 Å².